The van der Waals surface area contributed by atoms with Crippen LogP contribution < -0.4 is 4.80 Å². The fourth-order valence-electron chi connectivity index (χ4n) is 2.64. The van der Waals surface area contributed by atoms with Crippen LogP contribution in [0.25, 0.3) is 10.2 Å². The molecule has 0 saturated carbocycles. The Morgan fingerprint density at radius 2 is 1.93 bits per heavy atom. The third-order valence-corrected chi connectivity index (χ3v) is 6.70. The second-order valence-electron chi connectivity index (χ2n) is 6.06. The number of halogens is 1. The maximum Gasteiger partial charge on any atom is 0.279 e. The van der Waals surface area contributed by atoms with E-state index in [1.807, 2.05) is 29.7 Å². The predicted molar refractivity (Wildman–Crippen MR) is 113 cm³/mol. The van der Waals surface area contributed by atoms with Crippen molar-refractivity contribution < 1.29 is 17.9 Å². The van der Waals surface area contributed by atoms with Gasteiger partial charge >= 0.3 is 0 Å². The number of thiazole rings is 1. The molecule has 1 aromatic heterocycles. The molecule has 1 heterocycles. The van der Waals surface area contributed by atoms with Gasteiger partial charge in [-0.15, -0.1) is 0 Å². The summed E-state index contributed by atoms with van der Waals surface area (Å²) in [7, 11) is -3.31. The molecule has 9 heteroatoms. The molecule has 0 atom stereocenters. The van der Waals surface area contributed by atoms with E-state index in [0.29, 0.717) is 30.1 Å². The van der Waals surface area contributed by atoms with E-state index < -0.39 is 15.7 Å². The van der Waals surface area contributed by atoms with Gasteiger partial charge in [0.05, 0.1) is 21.7 Å². The minimum Gasteiger partial charge on any atom is -0.380 e. The Morgan fingerprint density at radius 1 is 1.21 bits per heavy atom. The van der Waals surface area contributed by atoms with E-state index >= 15 is 0 Å². The molecule has 0 aliphatic heterocycles. The van der Waals surface area contributed by atoms with Crippen LogP contribution in [-0.4, -0.2) is 38.4 Å². The number of hydrogen-bond acceptors (Lipinski definition) is 5. The molecule has 148 valence electrons. The molecule has 3 aromatic rings. The van der Waals surface area contributed by atoms with Crippen molar-refractivity contribution in [3.05, 3.63) is 57.3 Å². The lowest BCUT2D eigenvalue weighted by Crippen LogP contribution is -2.19. The van der Waals surface area contributed by atoms with Crippen LogP contribution in [-0.2, 0) is 21.1 Å². The van der Waals surface area contributed by atoms with Gasteiger partial charge in [0, 0.05) is 29.4 Å². The number of hydrogen-bond donors (Lipinski definition) is 0. The standard InChI is InChI=1S/C19H19BrN2O4S2/c1-3-26-11-10-22-16-9-6-14(20)12-17(16)27-19(22)21-18(23)13-4-7-15(8-5-13)28(2,24)25/h4-9,12H,3,10-11H2,1-2H3. The number of nitrogens with zero attached hydrogens (tertiary/aromatic N) is 2. The zero-order chi connectivity index (χ0) is 20.3. The van der Waals surface area contributed by atoms with E-state index in [9.17, 15) is 13.2 Å². The molecule has 6 nitrogen and oxygen atoms in total. The number of amides is 1. The van der Waals surface area contributed by atoms with Crippen LogP contribution in [0.5, 0.6) is 0 Å². The SMILES string of the molecule is CCOCCn1c(=NC(=O)c2ccc(S(C)(=O)=O)cc2)sc2cc(Br)ccc21. The molecule has 0 bridgehead atoms. The van der Waals surface area contributed by atoms with Gasteiger partial charge in [0.15, 0.2) is 14.6 Å². The van der Waals surface area contributed by atoms with Crippen molar-refractivity contribution in [3.63, 3.8) is 0 Å². The van der Waals surface area contributed by atoms with E-state index in [-0.39, 0.29) is 4.90 Å². The highest BCUT2D eigenvalue weighted by Gasteiger charge is 2.12. The van der Waals surface area contributed by atoms with Crippen molar-refractivity contribution in [1.82, 2.24) is 4.57 Å². The minimum atomic E-state index is -3.31. The summed E-state index contributed by atoms with van der Waals surface area (Å²) in [5.41, 5.74) is 1.31. The Labute approximate surface area is 175 Å². The number of ether oxygens (including phenoxy) is 1. The number of carbonyl (C=O) groups excluding carboxylic acids is 1. The lowest BCUT2D eigenvalue weighted by atomic mass is 10.2. The topological polar surface area (TPSA) is 77.7 Å². The van der Waals surface area contributed by atoms with Crippen molar-refractivity contribution in [1.29, 1.82) is 0 Å². The van der Waals surface area contributed by atoms with Crippen LogP contribution in [0, 0.1) is 0 Å². The molecule has 0 aliphatic carbocycles. The summed E-state index contributed by atoms with van der Waals surface area (Å²) in [6.45, 7) is 3.65. The van der Waals surface area contributed by atoms with Crippen LogP contribution in [0.2, 0.25) is 0 Å². The largest absolute Gasteiger partial charge is 0.380 e. The van der Waals surface area contributed by atoms with Gasteiger partial charge in [-0.2, -0.15) is 4.99 Å². The van der Waals surface area contributed by atoms with Crippen molar-refractivity contribution >= 4 is 53.2 Å². The lowest BCUT2D eigenvalue weighted by Gasteiger charge is -2.05. The first-order valence-corrected chi connectivity index (χ1v) is 12.1. The van der Waals surface area contributed by atoms with Gasteiger partial charge in [0.25, 0.3) is 5.91 Å². The molecule has 28 heavy (non-hydrogen) atoms. The van der Waals surface area contributed by atoms with Gasteiger partial charge in [-0.25, -0.2) is 8.42 Å². The Kier molecular flexibility index (Phi) is 6.49. The van der Waals surface area contributed by atoms with Crippen LogP contribution in [0.4, 0.5) is 0 Å². The van der Waals surface area contributed by atoms with Gasteiger partial charge in [-0.05, 0) is 49.4 Å². The highest BCUT2D eigenvalue weighted by atomic mass is 79.9. The molecule has 2 aromatic carbocycles. The Morgan fingerprint density at radius 3 is 2.57 bits per heavy atom. The molecular formula is C19H19BrN2O4S2. The number of sulfone groups is 1. The average molecular weight is 483 g/mol. The fourth-order valence-corrected chi connectivity index (χ4v) is 4.88. The first kappa shape index (κ1) is 20.9. The summed E-state index contributed by atoms with van der Waals surface area (Å²) in [6, 6.07) is 11.7. The Bertz CT molecular complexity index is 1180. The molecule has 0 saturated heterocycles. The van der Waals surface area contributed by atoms with Gasteiger partial charge in [-0.3, -0.25) is 4.79 Å². The summed E-state index contributed by atoms with van der Waals surface area (Å²) in [4.78, 5) is 17.7. The van der Waals surface area contributed by atoms with Crippen LogP contribution in [0.1, 0.15) is 17.3 Å². The Balaban J connectivity index is 2.02. The van der Waals surface area contributed by atoms with Gasteiger partial charge in [-0.1, -0.05) is 27.3 Å². The first-order valence-electron chi connectivity index (χ1n) is 8.55. The van der Waals surface area contributed by atoms with E-state index in [1.54, 1.807) is 0 Å². The van der Waals surface area contributed by atoms with E-state index in [2.05, 4.69) is 20.9 Å². The molecule has 0 fully saturated rings. The zero-order valence-electron chi connectivity index (χ0n) is 15.4. The summed E-state index contributed by atoms with van der Waals surface area (Å²) >= 11 is 4.89. The molecule has 0 spiro atoms. The summed E-state index contributed by atoms with van der Waals surface area (Å²) in [5.74, 6) is -0.421. The van der Waals surface area contributed by atoms with Crippen molar-refractivity contribution in [3.8, 4) is 0 Å². The highest BCUT2D eigenvalue weighted by molar-refractivity contribution is 9.10. The van der Waals surface area contributed by atoms with Crippen molar-refractivity contribution in [2.45, 2.75) is 18.4 Å². The van der Waals surface area contributed by atoms with Crippen LogP contribution >= 0.6 is 27.3 Å². The molecule has 0 aliphatic rings. The van der Waals surface area contributed by atoms with E-state index in [0.717, 1.165) is 20.9 Å². The number of aromatic nitrogens is 1. The summed E-state index contributed by atoms with van der Waals surface area (Å²) in [6.07, 6.45) is 1.13. The fraction of sp³-hybridized carbons (Fsp3) is 0.263. The highest BCUT2D eigenvalue weighted by Crippen LogP contribution is 2.22. The Hall–Kier alpha value is -1.81. The molecule has 0 radical (unpaired) electrons. The number of benzene rings is 2. The zero-order valence-corrected chi connectivity index (χ0v) is 18.6. The average Bonchev–Trinajstić information content (AvgIpc) is 2.97. The molecular weight excluding hydrogens is 464 g/mol. The first-order chi connectivity index (χ1) is 13.3. The van der Waals surface area contributed by atoms with Crippen LogP contribution in [0.15, 0.2) is 56.8 Å². The van der Waals surface area contributed by atoms with Crippen molar-refractivity contribution in [2.24, 2.45) is 4.99 Å². The molecule has 3 rings (SSSR count). The quantitative estimate of drug-likeness (QED) is 0.502. The summed E-state index contributed by atoms with van der Waals surface area (Å²) in [5, 5.41) is 0. The molecule has 1 amide bonds. The summed E-state index contributed by atoms with van der Waals surface area (Å²) < 4.78 is 32.5. The van der Waals surface area contributed by atoms with Gasteiger partial charge < -0.3 is 9.30 Å². The molecule has 0 unspecified atom stereocenters. The van der Waals surface area contributed by atoms with E-state index in [4.69, 9.17) is 4.74 Å². The number of rotatable bonds is 6. The minimum absolute atomic E-state index is 0.169. The second-order valence-corrected chi connectivity index (χ2v) is 10.00. The number of carbonyl (C=O) groups is 1. The van der Waals surface area contributed by atoms with Gasteiger partial charge in [0.2, 0.25) is 0 Å². The van der Waals surface area contributed by atoms with Crippen LogP contribution in [0.3, 0.4) is 0 Å². The lowest BCUT2D eigenvalue weighted by molar-refractivity contribution is 0.0996. The molecule has 0 N–H and O–H groups in total. The maximum absolute atomic E-state index is 12.6. The maximum atomic E-state index is 12.6. The monoisotopic (exact) mass is 482 g/mol. The normalized spacial score (nSPS) is 12.6. The predicted octanol–water partition coefficient (Wildman–Crippen LogP) is 3.65. The van der Waals surface area contributed by atoms with Crippen molar-refractivity contribution in [2.75, 3.05) is 19.5 Å². The smallest absolute Gasteiger partial charge is 0.279 e. The third kappa shape index (κ3) is 4.78. The van der Waals surface area contributed by atoms with Gasteiger partial charge in [0.1, 0.15) is 0 Å². The number of fused-ring (bicyclic) bond motifs is 1. The van der Waals surface area contributed by atoms with E-state index in [1.165, 1.54) is 35.6 Å². The third-order valence-electron chi connectivity index (χ3n) is 4.03. The second kappa shape index (κ2) is 8.69.